The Morgan fingerprint density at radius 2 is 0.587 bits per heavy atom. The molecule has 0 unspecified atom stereocenters. The molecule has 0 spiro atoms. The third kappa shape index (κ3) is 58.3. The molecule has 0 radical (unpaired) electrons. The maximum absolute atomic E-state index is 10.3. The number of carboxylic acids is 2. The van der Waals surface area contributed by atoms with E-state index in [9.17, 15) is 9.59 Å². The van der Waals surface area contributed by atoms with E-state index in [0.29, 0.717) is 39.3 Å². The first-order valence-corrected chi connectivity index (χ1v) is 19.3. The van der Waals surface area contributed by atoms with Gasteiger partial charge in [-0.2, -0.15) is 0 Å². The van der Waals surface area contributed by atoms with Crippen LogP contribution in [-0.4, -0.2) is 72.0 Å². The zero-order chi connectivity index (χ0) is 34.6. The second-order valence-electron chi connectivity index (χ2n) is 12.4. The van der Waals surface area contributed by atoms with Crippen LogP contribution in [0.25, 0.3) is 0 Å². The quantitative estimate of drug-likeness (QED) is 0.0493. The average Bonchev–Trinajstić information content (AvgIpc) is 3.04. The van der Waals surface area contributed by atoms with Crippen LogP contribution >= 0.6 is 0 Å². The molecular weight excluding hydrogens is 584 g/mol. The van der Waals surface area contributed by atoms with E-state index in [-0.39, 0.29) is 13.2 Å². The smallest absolute Gasteiger partial charge is 0.303 e. The number of hydrogen-bond acceptors (Lipinski definition) is 6. The third-order valence-corrected chi connectivity index (χ3v) is 7.83. The Morgan fingerprint density at radius 3 is 0.783 bits per heavy atom. The van der Waals surface area contributed by atoms with Crippen LogP contribution in [0.4, 0.5) is 0 Å². The monoisotopic (exact) mass is 663 g/mol. The van der Waals surface area contributed by atoms with Gasteiger partial charge in [-0.3, -0.25) is 9.59 Å². The molecule has 0 aromatic heterocycles. The number of aliphatic carboxylic acids is 2. The molecule has 0 bridgehead atoms. The van der Waals surface area contributed by atoms with Crippen LogP contribution in [-0.2, 0) is 19.1 Å². The van der Waals surface area contributed by atoms with E-state index in [1.807, 2.05) is 0 Å². The van der Waals surface area contributed by atoms with Crippen molar-refractivity contribution in [3.8, 4) is 0 Å². The summed E-state index contributed by atoms with van der Waals surface area (Å²) >= 11 is 0. The van der Waals surface area contributed by atoms with Crippen LogP contribution in [0.3, 0.4) is 0 Å². The highest BCUT2D eigenvalue weighted by Crippen LogP contribution is 2.14. The van der Waals surface area contributed by atoms with Gasteiger partial charge in [0.2, 0.25) is 0 Å². The first-order chi connectivity index (χ1) is 22.5. The van der Waals surface area contributed by atoms with Crippen LogP contribution in [0.5, 0.6) is 0 Å². The van der Waals surface area contributed by atoms with E-state index >= 15 is 0 Å². The van der Waals surface area contributed by atoms with Crippen molar-refractivity contribution in [2.24, 2.45) is 0 Å². The number of aliphatic hydroxyl groups excluding tert-OH is 2. The summed E-state index contributed by atoms with van der Waals surface area (Å²) in [6.45, 7) is 6.25. The van der Waals surface area contributed by atoms with E-state index in [1.54, 1.807) is 0 Å². The Kier molecular flexibility index (Phi) is 51.5. The van der Waals surface area contributed by atoms with E-state index < -0.39 is 11.9 Å². The number of unbranched alkanes of at least 4 members (excludes halogenated alkanes) is 24. The Labute approximate surface area is 284 Å². The summed E-state index contributed by atoms with van der Waals surface area (Å²) in [5, 5.41) is 33.5. The Hall–Kier alpha value is -1.22. The molecule has 278 valence electrons. The van der Waals surface area contributed by atoms with Crippen molar-refractivity contribution < 1.29 is 39.5 Å². The number of carboxylic acid groups (broad SMARTS) is 2. The number of rotatable bonds is 35. The molecule has 0 aliphatic heterocycles. The fourth-order valence-corrected chi connectivity index (χ4v) is 5.04. The van der Waals surface area contributed by atoms with Gasteiger partial charge in [-0.25, -0.2) is 0 Å². The van der Waals surface area contributed by atoms with Crippen LogP contribution in [0, 0.1) is 0 Å². The average molecular weight is 663 g/mol. The maximum Gasteiger partial charge on any atom is 0.303 e. The standard InChI is InChI=1S/2C16H32O2.C6H14O4/c2*1-2-3-4-5-6-7-8-9-10-11-12-13-14-15-16(17)18;7-1-3-9-5-6-10-4-2-8/h2*2-15H2,1H3,(H,17,18);7-8H,1-6H2. The van der Waals surface area contributed by atoms with E-state index in [1.165, 1.54) is 141 Å². The number of carbonyl (C=O) groups is 2. The van der Waals surface area contributed by atoms with Gasteiger partial charge in [-0.05, 0) is 12.8 Å². The molecule has 0 saturated heterocycles. The first-order valence-electron chi connectivity index (χ1n) is 19.3. The second-order valence-corrected chi connectivity index (χ2v) is 12.4. The molecule has 46 heavy (non-hydrogen) atoms. The van der Waals surface area contributed by atoms with Gasteiger partial charge in [-0.15, -0.1) is 0 Å². The first kappa shape index (κ1) is 49.2. The van der Waals surface area contributed by atoms with Gasteiger partial charge >= 0.3 is 11.9 Å². The minimum Gasteiger partial charge on any atom is -0.481 e. The zero-order valence-corrected chi connectivity index (χ0v) is 30.5. The molecule has 0 fully saturated rings. The molecule has 0 aliphatic rings. The fraction of sp³-hybridized carbons (Fsp3) is 0.947. The van der Waals surface area contributed by atoms with Gasteiger partial charge in [0.05, 0.1) is 39.6 Å². The van der Waals surface area contributed by atoms with Crippen LogP contribution in [0.1, 0.15) is 194 Å². The van der Waals surface area contributed by atoms with Crippen molar-refractivity contribution in [2.45, 2.75) is 194 Å². The summed E-state index contributed by atoms with van der Waals surface area (Å²) in [4.78, 5) is 20.6. The largest absolute Gasteiger partial charge is 0.481 e. The van der Waals surface area contributed by atoms with Crippen LogP contribution in [0.2, 0.25) is 0 Å². The van der Waals surface area contributed by atoms with Crippen molar-refractivity contribution in [3.63, 3.8) is 0 Å². The summed E-state index contributed by atoms with van der Waals surface area (Å²) in [6.07, 6.45) is 34.5. The number of ether oxygens (including phenoxy) is 2. The van der Waals surface area contributed by atoms with Gasteiger partial charge in [0.15, 0.2) is 0 Å². The third-order valence-electron chi connectivity index (χ3n) is 7.83. The van der Waals surface area contributed by atoms with Crippen molar-refractivity contribution in [1.82, 2.24) is 0 Å². The van der Waals surface area contributed by atoms with Gasteiger partial charge in [0.1, 0.15) is 0 Å². The van der Waals surface area contributed by atoms with Crippen molar-refractivity contribution >= 4 is 11.9 Å². The molecular formula is C38H78O8. The lowest BCUT2D eigenvalue weighted by Crippen LogP contribution is -2.09. The van der Waals surface area contributed by atoms with Gasteiger partial charge in [-0.1, -0.05) is 168 Å². The van der Waals surface area contributed by atoms with Crippen molar-refractivity contribution in [1.29, 1.82) is 0 Å². The maximum atomic E-state index is 10.3. The Morgan fingerprint density at radius 1 is 0.370 bits per heavy atom. The Balaban J connectivity index is -0.000000630. The van der Waals surface area contributed by atoms with E-state index in [0.717, 1.165) is 25.7 Å². The van der Waals surface area contributed by atoms with Crippen molar-refractivity contribution in [2.75, 3.05) is 39.6 Å². The minimum absolute atomic E-state index is 0.0417. The summed E-state index contributed by atoms with van der Waals surface area (Å²) in [6, 6.07) is 0. The fourth-order valence-electron chi connectivity index (χ4n) is 5.04. The molecule has 0 rings (SSSR count). The molecule has 0 amide bonds. The summed E-state index contributed by atoms with van der Waals surface area (Å²) in [7, 11) is 0. The lowest BCUT2D eigenvalue weighted by molar-refractivity contribution is -0.138. The zero-order valence-electron chi connectivity index (χ0n) is 30.5. The predicted molar refractivity (Wildman–Crippen MR) is 192 cm³/mol. The second kappa shape index (κ2) is 48.2. The Bertz CT molecular complexity index is 511. The molecule has 0 aromatic rings. The van der Waals surface area contributed by atoms with Crippen molar-refractivity contribution in [3.05, 3.63) is 0 Å². The molecule has 0 saturated carbocycles. The molecule has 0 aromatic carbocycles. The summed E-state index contributed by atoms with van der Waals surface area (Å²) in [5.41, 5.74) is 0. The van der Waals surface area contributed by atoms with Gasteiger partial charge < -0.3 is 29.9 Å². The summed E-state index contributed by atoms with van der Waals surface area (Å²) in [5.74, 6) is -1.31. The highest BCUT2D eigenvalue weighted by atomic mass is 16.5. The molecule has 0 aliphatic carbocycles. The molecule has 0 heterocycles. The summed E-state index contributed by atoms with van der Waals surface area (Å²) < 4.78 is 9.75. The molecule has 8 nitrogen and oxygen atoms in total. The number of aliphatic hydroxyl groups is 2. The highest BCUT2D eigenvalue weighted by molar-refractivity contribution is 5.66. The lowest BCUT2D eigenvalue weighted by atomic mass is 10.0. The predicted octanol–water partition coefficient (Wildman–Crippen LogP) is 10.1. The molecule has 8 heteroatoms. The molecule has 0 atom stereocenters. The van der Waals surface area contributed by atoms with E-state index in [4.69, 9.17) is 29.9 Å². The SMILES string of the molecule is CCCCCCCCCCCCCCCC(=O)O.CCCCCCCCCCCCCCCC(=O)O.OCCOCCOCCO. The number of hydrogen-bond donors (Lipinski definition) is 4. The lowest BCUT2D eigenvalue weighted by Gasteiger charge is -2.02. The molecule has 4 N–H and O–H groups in total. The van der Waals surface area contributed by atoms with E-state index in [2.05, 4.69) is 13.8 Å². The normalized spacial score (nSPS) is 10.6. The topological polar surface area (TPSA) is 134 Å². The van der Waals surface area contributed by atoms with Gasteiger partial charge in [0.25, 0.3) is 0 Å². The minimum atomic E-state index is -0.655. The van der Waals surface area contributed by atoms with Gasteiger partial charge in [0, 0.05) is 12.8 Å². The van der Waals surface area contributed by atoms with Crippen LogP contribution in [0.15, 0.2) is 0 Å². The van der Waals surface area contributed by atoms with Crippen LogP contribution < -0.4 is 0 Å². The highest BCUT2D eigenvalue weighted by Gasteiger charge is 1.98.